The zero-order valence-corrected chi connectivity index (χ0v) is 13.2. The van der Waals surface area contributed by atoms with Crippen LogP contribution in [0.2, 0.25) is 10.0 Å². The molecule has 1 N–H and O–H groups in total. The van der Waals surface area contributed by atoms with E-state index in [1.54, 1.807) is 18.5 Å². The first-order chi connectivity index (χ1) is 10.6. The van der Waals surface area contributed by atoms with E-state index >= 15 is 0 Å². The highest BCUT2D eigenvalue weighted by molar-refractivity contribution is 6.32. The molecule has 2 unspecified atom stereocenters. The van der Waals surface area contributed by atoms with Gasteiger partial charge in [0.15, 0.2) is 0 Å². The van der Waals surface area contributed by atoms with Gasteiger partial charge in [-0.3, -0.25) is 4.98 Å². The van der Waals surface area contributed by atoms with Gasteiger partial charge in [0.05, 0.1) is 10.0 Å². The fourth-order valence-electron chi connectivity index (χ4n) is 2.66. The Labute approximate surface area is 138 Å². The van der Waals surface area contributed by atoms with E-state index in [9.17, 15) is 4.39 Å². The highest BCUT2D eigenvalue weighted by Crippen LogP contribution is 2.35. The Kier molecular flexibility index (Phi) is 4.81. The number of hydrogen-bond acceptors (Lipinski definition) is 3. The molecule has 3 nitrogen and oxygen atoms in total. The first kappa shape index (κ1) is 15.5. The molecule has 22 heavy (non-hydrogen) atoms. The monoisotopic (exact) mass is 340 g/mol. The van der Waals surface area contributed by atoms with Crippen LogP contribution in [-0.4, -0.2) is 18.1 Å². The van der Waals surface area contributed by atoms with Gasteiger partial charge in [-0.2, -0.15) is 0 Å². The minimum absolute atomic E-state index is 0.232. The van der Waals surface area contributed by atoms with Crippen molar-refractivity contribution in [3.63, 3.8) is 0 Å². The lowest BCUT2D eigenvalue weighted by molar-refractivity contribution is 0.144. The van der Waals surface area contributed by atoms with Gasteiger partial charge in [0.1, 0.15) is 17.7 Å². The van der Waals surface area contributed by atoms with Gasteiger partial charge >= 0.3 is 0 Å². The number of halogens is 3. The highest BCUT2D eigenvalue weighted by Gasteiger charge is 2.29. The predicted molar refractivity (Wildman–Crippen MR) is 85.0 cm³/mol. The summed E-state index contributed by atoms with van der Waals surface area (Å²) < 4.78 is 19.3. The lowest BCUT2D eigenvalue weighted by atomic mass is 9.96. The Morgan fingerprint density at radius 1 is 1.27 bits per heavy atom. The Morgan fingerprint density at radius 2 is 2.14 bits per heavy atom. The Morgan fingerprint density at radius 3 is 2.82 bits per heavy atom. The molecule has 1 fully saturated rings. The summed E-state index contributed by atoms with van der Waals surface area (Å²) in [5.74, 6) is 0.349. The van der Waals surface area contributed by atoms with Gasteiger partial charge in [0.2, 0.25) is 0 Å². The van der Waals surface area contributed by atoms with Gasteiger partial charge in [-0.25, -0.2) is 4.39 Å². The van der Waals surface area contributed by atoms with Crippen LogP contribution in [0.25, 0.3) is 0 Å². The van der Waals surface area contributed by atoms with Crippen molar-refractivity contribution in [2.24, 2.45) is 5.92 Å². The summed E-state index contributed by atoms with van der Waals surface area (Å²) in [5.41, 5.74) is 0.890. The zero-order chi connectivity index (χ0) is 15.5. The predicted octanol–water partition coefficient (Wildman–Crippen LogP) is 4.26. The number of benzene rings is 1. The van der Waals surface area contributed by atoms with Crippen LogP contribution in [0.3, 0.4) is 0 Å². The molecule has 2 atom stereocenters. The molecule has 116 valence electrons. The number of rotatable bonds is 4. The number of pyridine rings is 1. The average molecular weight is 341 g/mol. The Bertz CT molecular complexity index is 662. The van der Waals surface area contributed by atoms with Gasteiger partial charge < -0.3 is 10.1 Å². The molecule has 0 radical (unpaired) electrons. The van der Waals surface area contributed by atoms with Crippen molar-refractivity contribution in [3.8, 4) is 5.75 Å². The maximum absolute atomic E-state index is 13.2. The number of ether oxygens (including phenoxy) is 1. The summed E-state index contributed by atoms with van der Waals surface area (Å²) in [7, 11) is 0. The van der Waals surface area contributed by atoms with E-state index in [0.29, 0.717) is 10.8 Å². The van der Waals surface area contributed by atoms with Gasteiger partial charge in [-0.1, -0.05) is 23.2 Å². The van der Waals surface area contributed by atoms with Gasteiger partial charge in [0.25, 0.3) is 0 Å². The summed E-state index contributed by atoms with van der Waals surface area (Å²) in [6.45, 7) is 1.78. The molecule has 3 rings (SSSR count). The SMILES string of the molecule is Fc1ccc(OC(c2cncc(Cl)c2)C2CCNC2)c(Cl)c1. The van der Waals surface area contributed by atoms with E-state index in [-0.39, 0.29) is 22.9 Å². The first-order valence-electron chi connectivity index (χ1n) is 7.06. The van der Waals surface area contributed by atoms with E-state index in [4.69, 9.17) is 27.9 Å². The highest BCUT2D eigenvalue weighted by atomic mass is 35.5. The number of nitrogens with zero attached hydrogens (tertiary/aromatic N) is 1. The number of aromatic nitrogens is 1. The number of nitrogens with one attached hydrogen (secondary N) is 1. The molecular formula is C16H15Cl2FN2O. The molecule has 2 aromatic rings. The molecule has 1 saturated heterocycles. The molecule has 6 heteroatoms. The van der Waals surface area contributed by atoms with Crippen LogP contribution in [0, 0.1) is 11.7 Å². The van der Waals surface area contributed by atoms with Crippen LogP contribution in [0.1, 0.15) is 18.1 Å². The van der Waals surface area contributed by atoms with E-state index in [1.807, 2.05) is 6.07 Å². The van der Waals surface area contributed by atoms with Crippen molar-refractivity contribution in [3.05, 3.63) is 58.1 Å². The second-order valence-electron chi connectivity index (χ2n) is 5.30. The summed E-state index contributed by atoms with van der Waals surface area (Å²) in [6.07, 6.45) is 4.08. The van der Waals surface area contributed by atoms with Crippen molar-refractivity contribution >= 4 is 23.2 Å². The largest absolute Gasteiger partial charge is 0.484 e. The summed E-state index contributed by atoms with van der Waals surface area (Å²) in [4.78, 5) is 4.13. The quantitative estimate of drug-likeness (QED) is 0.902. The van der Waals surface area contributed by atoms with Gasteiger partial charge in [-0.05, 0) is 37.2 Å². The second-order valence-corrected chi connectivity index (χ2v) is 6.15. The van der Waals surface area contributed by atoms with E-state index in [1.165, 1.54) is 12.1 Å². The summed E-state index contributed by atoms with van der Waals surface area (Å²) in [5, 5.41) is 4.13. The zero-order valence-electron chi connectivity index (χ0n) is 11.7. The van der Waals surface area contributed by atoms with Crippen LogP contribution < -0.4 is 10.1 Å². The smallest absolute Gasteiger partial charge is 0.139 e. The maximum atomic E-state index is 13.2. The van der Waals surface area contributed by atoms with Crippen LogP contribution >= 0.6 is 23.2 Å². The molecule has 0 saturated carbocycles. The minimum Gasteiger partial charge on any atom is -0.484 e. The molecule has 0 amide bonds. The normalized spacial score (nSPS) is 19.1. The fourth-order valence-corrected chi connectivity index (χ4v) is 3.06. The molecule has 2 heterocycles. The second kappa shape index (κ2) is 6.82. The standard InChI is InChI=1S/C16H15Cl2FN2O/c17-12-5-11(8-21-9-12)16(10-3-4-20-7-10)22-15-2-1-13(19)6-14(15)18/h1-2,5-6,8-10,16,20H,3-4,7H2. The minimum atomic E-state index is -0.388. The first-order valence-corrected chi connectivity index (χ1v) is 7.82. The van der Waals surface area contributed by atoms with E-state index in [0.717, 1.165) is 25.1 Å². The van der Waals surface area contributed by atoms with E-state index < -0.39 is 0 Å². The third-order valence-electron chi connectivity index (χ3n) is 3.73. The lowest BCUT2D eigenvalue weighted by Gasteiger charge is -2.25. The molecule has 1 aromatic heterocycles. The van der Waals surface area contributed by atoms with Gasteiger partial charge in [-0.15, -0.1) is 0 Å². The van der Waals surface area contributed by atoms with Crippen molar-refractivity contribution in [2.75, 3.05) is 13.1 Å². The van der Waals surface area contributed by atoms with Crippen molar-refractivity contribution in [2.45, 2.75) is 12.5 Å². The van der Waals surface area contributed by atoms with Crippen molar-refractivity contribution in [1.29, 1.82) is 0 Å². The molecule has 0 bridgehead atoms. The third kappa shape index (κ3) is 3.51. The Balaban J connectivity index is 1.91. The molecular weight excluding hydrogens is 326 g/mol. The third-order valence-corrected chi connectivity index (χ3v) is 4.23. The van der Waals surface area contributed by atoms with Crippen molar-refractivity contribution in [1.82, 2.24) is 10.3 Å². The number of hydrogen-bond donors (Lipinski definition) is 1. The molecule has 1 aliphatic rings. The summed E-state index contributed by atoms with van der Waals surface area (Å²) in [6, 6.07) is 5.97. The molecule has 0 spiro atoms. The van der Waals surface area contributed by atoms with Crippen LogP contribution in [0.4, 0.5) is 4.39 Å². The Hall–Kier alpha value is -1.36. The molecule has 0 aliphatic carbocycles. The van der Waals surface area contributed by atoms with Crippen molar-refractivity contribution < 1.29 is 9.13 Å². The lowest BCUT2D eigenvalue weighted by Crippen LogP contribution is -2.21. The van der Waals surface area contributed by atoms with Crippen LogP contribution in [-0.2, 0) is 0 Å². The fraction of sp³-hybridized carbons (Fsp3) is 0.312. The van der Waals surface area contributed by atoms with Crippen LogP contribution in [0.15, 0.2) is 36.7 Å². The molecule has 1 aromatic carbocycles. The molecule has 1 aliphatic heterocycles. The summed E-state index contributed by atoms with van der Waals surface area (Å²) >= 11 is 12.1. The average Bonchev–Trinajstić information content (AvgIpc) is 3.00. The van der Waals surface area contributed by atoms with Crippen LogP contribution in [0.5, 0.6) is 5.75 Å². The maximum Gasteiger partial charge on any atom is 0.139 e. The topological polar surface area (TPSA) is 34.1 Å². The van der Waals surface area contributed by atoms with Gasteiger partial charge in [0, 0.05) is 30.4 Å². The van der Waals surface area contributed by atoms with E-state index in [2.05, 4.69) is 10.3 Å².